The monoisotopic (exact) mass is 218 g/mol. The summed E-state index contributed by atoms with van der Waals surface area (Å²) in [6.45, 7) is 0.785. The fourth-order valence-corrected chi connectivity index (χ4v) is 2.76. The van der Waals surface area contributed by atoms with Crippen molar-refractivity contribution in [3.63, 3.8) is 0 Å². The Kier molecular flexibility index (Phi) is 2.27. The van der Waals surface area contributed by atoms with E-state index in [1.165, 1.54) is 32.1 Å². The average Bonchev–Trinajstić information content (AvgIpc) is 2.87. The second-order valence-corrected chi connectivity index (χ2v) is 4.99. The third kappa shape index (κ3) is 1.55. The first kappa shape index (κ1) is 9.94. The SMILES string of the molecule is Cn1cccc1C1=NC2(CCCCC2)CO1. The van der Waals surface area contributed by atoms with E-state index < -0.39 is 0 Å². The molecule has 0 aromatic carbocycles. The molecule has 1 saturated carbocycles. The molecule has 0 unspecified atom stereocenters. The van der Waals surface area contributed by atoms with Gasteiger partial charge in [0.25, 0.3) is 0 Å². The van der Waals surface area contributed by atoms with Crippen molar-refractivity contribution in [2.45, 2.75) is 37.6 Å². The molecule has 0 atom stereocenters. The molecule has 1 aliphatic carbocycles. The minimum atomic E-state index is 0.109. The second kappa shape index (κ2) is 3.65. The topological polar surface area (TPSA) is 26.5 Å². The van der Waals surface area contributed by atoms with Gasteiger partial charge in [-0.3, -0.25) is 0 Å². The van der Waals surface area contributed by atoms with Gasteiger partial charge in [0.1, 0.15) is 12.3 Å². The largest absolute Gasteiger partial charge is 0.474 e. The Labute approximate surface area is 96.1 Å². The van der Waals surface area contributed by atoms with Crippen LogP contribution in [-0.4, -0.2) is 22.6 Å². The Hall–Kier alpha value is -1.25. The van der Waals surface area contributed by atoms with Crippen molar-refractivity contribution in [2.24, 2.45) is 12.0 Å². The molecule has 0 N–H and O–H groups in total. The first-order valence-electron chi connectivity index (χ1n) is 6.14. The molecule has 2 heterocycles. The van der Waals surface area contributed by atoms with Crippen LogP contribution in [0.25, 0.3) is 0 Å². The zero-order valence-electron chi connectivity index (χ0n) is 9.78. The van der Waals surface area contributed by atoms with E-state index in [0.29, 0.717) is 0 Å². The Morgan fingerprint density at radius 3 is 2.81 bits per heavy atom. The van der Waals surface area contributed by atoms with E-state index in [9.17, 15) is 0 Å². The van der Waals surface area contributed by atoms with Crippen LogP contribution in [0.5, 0.6) is 0 Å². The van der Waals surface area contributed by atoms with Gasteiger partial charge in [0.15, 0.2) is 0 Å². The highest BCUT2D eigenvalue weighted by molar-refractivity contribution is 5.94. The molecule has 86 valence electrons. The van der Waals surface area contributed by atoms with Gasteiger partial charge in [-0.15, -0.1) is 0 Å². The molecule has 3 rings (SSSR count). The van der Waals surface area contributed by atoms with Gasteiger partial charge in [-0.25, -0.2) is 4.99 Å². The molecule has 0 amide bonds. The third-order valence-corrected chi connectivity index (χ3v) is 3.76. The summed E-state index contributed by atoms with van der Waals surface area (Å²) in [6.07, 6.45) is 8.38. The van der Waals surface area contributed by atoms with Gasteiger partial charge in [-0.05, 0) is 25.0 Å². The number of ether oxygens (including phenoxy) is 1. The van der Waals surface area contributed by atoms with E-state index in [4.69, 9.17) is 9.73 Å². The van der Waals surface area contributed by atoms with Crippen LogP contribution in [0.15, 0.2) is 23.3 Å². The summed E-state index contributed by atoms with van der Waals surface area (Å²) < 4.78 is 7.87. The first-order valence-corrected chi connectivity index (χ1v) is 6.14. The van der Waals surface area contributed by atoms with E-state index in [2.05, 4.69) is 10.6 Å². The molecular weight excluding hydrogens is 200 g/mol. The van der Waals surface area contributed by atoms with Gasteiger partial charge < -0.3 is 9.30 Å². The highest BCUT2D eigenvalue weighted by atomic mass is 16.5. The molecule has 0 saturated heterocycles. The number of nitrogens with zero attached hydrogens (tertiary/aromatic N) is 2. The van der Waals surface area contributed by atoms with Crippen molar-refractivity contribution in [3.8, 4) is 0 Å². The van der Waals surface area contributed by atoms with E-state index in [1.807, 2.05) is 19.3 Å². The molecule has 16 heavy (non-hydrogen) atoms. The maximum atomic E-state index is 5.80. The van der Waals surface area contributed by atoms with Gasteiger partial charge in [0, 0.05) is 13.2 Å². The minimum absolute atomic E-state index is 0.109. The lowest BCUT2D eigenvalue weighted by Crippen LogP contribution is -2.30. The fourth-order valence-electron chi connectivity index (χ4n) is 2.76. The first-order chi connectivity index (χ1) is 7.79. The van der Waals surface area contributed by atoms with Crippen molar-refractivity contribution in [1.82, 2.24) is 4.57 Å². The van der Waals surface area contributed by atoms with Crippen molar-refractivity contribution in [2.75, 3.05) is 6.61 Å². The highest BCUT2D eigenvalue weighted by Gasteiger charge is 2.38. The van der Waals surface area contributed by atoms with Gasteiger partial charge >= 0.3 is 0 Å². The maximum Gasteiger partial charge on any atom is 0.234 e. The molecule has 2 aliphatic rings. The molecule has 0 radical (unpaired) electrons. The Morgan fingerprint density at radius 2 is 2.12 bits per heavy atom. The van der Waals surface area contributed by atoms with Gasteiger partial charge in [-0.1, -0.05) is 19.3 Å². The summed E-state index contributed by atoms with van der Waals surface area (Å²) in [4.78, 5) is 4.86. The van der Waals surface area contributed by atoms with Crippen LogP contribution >= 0.6 is 0 Å². The van der Waals surface area contributed by atoms with Crippen molar-refractivity contribution >= 4 is 5.90 Å². The summed E-state index contributed by atoms with van der Waals surface area (Å²) in [5, 5.41) is 0. The van der Waals surface area contributed by atoms with Gasteiger partial charge in [0.2, 0.25) is 5.90 Å². The predicted octanol–water partition coefficient (Wildman–Crippen LogP) is 2.50. The second-order valence-electron chi connectivity index (χ2n) is 4.99. The van der Waals surface area contributed by atoms with E-state index >= 15 is 0 Å². The van der Waals surface area contributed by atoms with Crippen LogP contribution in [0.3, 0.4) is 0 Å². The molecule has 1 aliphatic heterocycles. The smallest absolute Gasteiger partial charge is 0.234 e. The van der Waals surface area contributed by atoms with E-state index in [-0.39, 0.29) is 5.54 Å². The number of rotatable bonds is 1. The van der Waals surface area contributed by atoms with Crippen molar-refractivity contribution in [1.29, 1.82) is 0 Å². The zero-order valence-corrected chi connectivity index (χ0v) is 9.78. The summed E-state index contributed by atoms with van der Waals surface area (Å²) in [5.74, 6) is 0.842. The van der Waals surface area contributed by atoms with Crippen LogP contribution in [0.1, 0.15) is 37.8 Å². The molecule has 1 fully saturated rings. The third-order valence-electron chi connectivity index (χ3n) is 3.76. The number of hydrogen-bond acceptors (Lipinski definition) is 2. The summed E-state index contributed by atoms with van der Waals surface area (Å²) in [7, 11) is 2.03. The number of aliphatic imine (C=N–C) groups is 1. The lowest BCUT2D eigenvalue weighted by Gasteiger charge is -2.27. The Balaban J connectivity index is 1.88. The molecule has 1 aromatic heterocycles. The number of aromatic nitrogens is 1. The highest BCUT2D eigenvalue weighted by Crippen LogP contribution is 2.36. The van der Waals surface area contributed by atoms with Crippen LogP contribution < -0.4 is 0 Å². The summed E-state index contributed by atoms with van der Waals surface area (Å²) in [6, 6.07) is 4.10. The van der Waals surface area contributed by atoms with Crippen LogP contribution in [-0.2, 0) is 11.8 Å². The molecule has 1 aromatic rings. The number of aryl methyl sites for hydroxylation is 1. The van der Waals surface area contributed by atoms with E-state index in [1.54, 1.807) is 0 Å². The maximum absolute atomic E-state index is 5.80. The lowest BCUT2D eigenvalue weighted by atomic mass is 9.83. The minimum Gasteiger partial charge on any atom is -0.474 e. The average molecular weight is 218 g/mol. The molecule has 0 bridgehead atoms. The molecular formula is C13H18N2O. The molecule has 3 heteroatoms. The van der Waals surface area contributed by atoms with Crippen molar-refractivity contribution < 1.29 is 4.74 Å². The van der Waals surface area contributed by atoms with Gasteiger partial charge in [-0.2, -0.15) is 0 Å². The van der Waals surface area contributed by atoms with Gasteiger partial charge in [0.05, 0.1) is 5.54 Å². The quantitative estimate of drug-likeness (QED) is 0.711. The molecule has 3 nitrogen and oxygen atoms in total. The van der Waals surface area contributed by atoms with Crippen LogP contribution in [0.2, 0.25) is 0 Å². The fraction of sp³-hybridized carbons (Fsp3) is 0.615. The zero-order chi connectivity index (χ0) is 11.0. The summed E-state index contributed by atoms with van der Waals surface area (Å²) in [5.41, 5.74) is 1.21. The van der Waals surface area contributed by atoms with E-state index in [0.717, 1.165) is 18.2 Å². The Bertz CT molecular complexity index is 413. The predicted molar refractivity (Wildman–Crippen MR) is 63.7 cm³/mol. The standard InChI is InChI=1S/C13H18N2O/c1-15-9-5-6-11(15)12-14-13(10-16-12)7-3-2-4-8-13/h5-6,9H,2-4,7-8,10H2,1H3. The van der Waals surface area contributed by atoms with Crippen molar-refractivity contribution in [3.05, 3.63) is 24.0 Å². The normalized spacial score (nSPS) is 23.2. The lowest BCUT2D eigenvalue weighted by molar-refractivity contribution is 0.207. The Morgan fingerprint density at radius 1 is 1.31 bits per heavy atom. The van der Waals surface area contributed by atoms with Crippen LogP contribution in [0.4, 0.5) is 0 Å². The summed E-state index contributed by atoms with van der Waals surface area (Å²) >= 11 is 0. The number of hydrogen-bond donors (Lipinski definition) is 0. The molecule has 1 spiro atoms. The van der Waals surface area contributed by atoms with Crippen LogP contribution in [0, 0.1) is 0 Å².